The van der Waals surface area contributed by atoms with Gasteiger partial charge < -0.3 is 5.73 Å². The van der Waals surface area contributed by atoms with Crippen LogP contribution in [0.5, 0.6) is 0 Å². The first-order chi connectivity index (χ1) is 7.16. The fourth-order valence-corrected chi connectivity index (χ4v) is 2.46. The highest BCUT2D eigenvalue weighted by molar-refractivity contribution is 7.15. The van der Waals surface area contributed by atoms with Crippen LogP contribution >= 0.6 is 35.3 Å². The number of hydrogen-bond acceptors (Lipinski definition) is 2. The molecule has 16 heavy (non-hydrogen) atoms. The van der Waals surface area contributed by atoms with Crippen molar-refractivity contribution in [2.45, 2.75) is 13.0 Å². The van der Waals surface area contributed by atoms with Gasteiger partial charge in [0.05, 0.1) is 0 Å². The van der Waals surface area contributed by atoms with Crippen LogP contribution in [-0.2, 0) is 0 Å². The highest BCUT2D eigenvalue weighted by atomic mass is 35.5. The molecule has 0 saturated heterocycles. The Bertz CT molecular complexity index is 448. The number of nitrogens with two attached hydrogens (primary N) is 1. The first kappa shape index (κ1) is 13.5. The van der Waals surface area contributed by atoms with Crippen LogP contribution in [0.15, 0.2) is 36.4 Å². The topological polar surface area (TPSA) is 26.0 Å². The molecule has 0 aliphatic rings. The number of rotatable bonds is 2. The molecule has 0 radical (unpaired) electrons. The van der Waals surface area contributed by atoms with Crippen LogP contribution in [0, 0.1) is 0 Å². The van der Waals surface area contributed by atoms with Gasteiger partial charge in [0, 0.05) is 20.8 Å². The van der Waals surface area contributed by atoms with Crippen molar-refractivity contribution in [3.8, 4) is 10.4 Å². The quantitative estimate of drug-likeness (QED) is 0.856. The van der Waals surface area contributed by atoms with Crippen LogP contribution in [0.3, 0.4) is 0 Å². The fourth-order valence-electron chi connectivity index (χ4n) is 1.37. The first-order valence-electron chi connectivity index (χ1n) is 4.78. The van der Waals surface area contributed by atoms with Crippen LogP contribution in [0.4, 0.5) is 0 Å². The molecule has 0 fully saturated rings. The number of benzene rings is 1. The van der Waals surface area contributed by atoms with Crippen molar-refractivity contribution in [1.29, 1.82) is 0 Å². The molecule has 2 N–H and O–H groups in total. The summed E-state index contributed by atoms with van der Waals surface area (Å²) in [5.41, 5.74) is 7.01. The zero-order chi connectivity index (χ0) is 10.8. The fraction of sp³-hybridized carbons (Fsp3) is 0.167. The summed E-state index contributed by atoms with van der Waals surface area (Å²) in [4.78, 5) is 2.44. The van der Waals surface area contributed by atoms with E-state index in [1.165, 1.54) is 15.3 Å². The van der Waals surface area contributed by atoms with Crippen LogP contribution < -0.4 is 5.73 Å². The van der Waals surface area contributed by atoms with Gasteiger partial charge in [0.15, 0.2) is 0 Å². The second kappa shape index (κ2) is 5.69. The van der Waals surface area contributed by atoms with Crippen LogP contribution in [0.1, 0.15) is 17.8 Å². The molecule has 2 aromatic rings. The minimum absolute atomic E-state index is 0. The Morgan fingerprint density at radius 3 is 2.25 bits per heavy atom. The largest absolute Gasteiger partial charge is 0.324 e. The van der Waals surface area contributed by atoms with Gasteiger partial charge in [-0.25, -0.2) is 0 Å². The molecule has 1 aromatic carbocycles. The van der Waals surface area contributed by atoms with E-state index in [4.69, 9.17) is 17.3 Å². The van der Waals surface area contributed by atoms with Gasteiger partial charge in [-0.2, -0.15) is 0 Å². The third-order valence-corrected chi connectivity index (χ3v) is 3.79. The third kappa shape index (κ3) is 2.98. The molecule has 0 saturated carbocycles. The summed E-state index contributed by atoms with van der Waals surface area (Å²) in [7, 11) is 0. The Morgan fingerprint density at radius 1 is 1.12 bits per heavy atom. The van der Waals surface area contributed by atoms with E-state index in [1.54, 1.807) is 11.3 Å². The second-order valence-corrected chi connectivity index (χ2v) is 5.05. The van der Waals surface area contributed by atoms with Gasteiger partial charge in [-0.1, -0.05) is 23.7 Å². The molecular formula is C12H13Cl2NS. The van der Waals surface area contributed by atoms with Gasteiger partial charge >= 0.3 is 0 Å². The Kier molecular flexibility index (Phi) is 4.81. The summed E-state index contributed by atoms with van der Waals surface area (Å²) < 4.78 is 0. The molecule has 4 heteroatoms. The van der Waals surface area contributed by atoms with E-state index in [2.05, 4.69) is 12.1 Å². The van der Waals surface area contributed by atoms with Crippen molar-refractivity contribution < 1.29 is 0 Å². The Balaban J connectivity index is 0.00000128. The standard InChI is InChI=1S/C12H12ClNS.ClH/c1-8(14)11-6-7-12(15-11)9-2-4-10(13)5-3-9;/h2-8H,14H2,1H3;1H. The van der Waals surface area contributed by atoms with Gasteiger partial charge in [0.2, 0.25) is 0 Å². The molecule has 0 amide bonds. The molecule has 0 aliphatic carbocycles. The molecule has 1 heterocycles. The Hall–Kier alpha value is -0.540. The van der Waals surface area contributed by atoms with Gasteiger partial charge in [0.25, 0.3) is 0 Å². The van der Waals surface area contributed by atoms with E-state index < -0.39 is 0 Å². The number of halogens is 2. The first-order valence-corrected chi connectivity index (χ1v) is 5.97. The molecule has 1 aromatic heterocycles. The maximum absolute atomic E-state index is 5.84. The maximum atomic E-state index is 5.84. The van der Waals surface area contributed by atoms with E-state index >= 15 is 0 Å². The summed E-state index contributed by atoms with van der Waals surface area (Å²) in [5.74, 6) is 0. The average molecular weight is 274 g/mol. The molecule has 1 atom stereocenters. The Labute approximate surface area is 111 Å². The summed E-state index contributed by atoms with van der Waals surface area (Å²) >= 11 is 7.57. The van der Waals surface area contributed by atoms with Gasteiger partial charge in [0.1, 0.15) is 0 Å². The molecule has 1 unspecified atom stereocenters. The van der Waals surface area contributed by atoms with Crippen molar-refractivity contribution in [1.82, 2.24) is 0 Å². The van der Waals surface area contributed by atoms with E-state index in [0.29, 0.717) is 0 Å². The number of hydrogen-bond donors (Lipinski definition) is 1. The lowest BCUT2D eigenvalue weighted by Gasteiger charge is -1.99. The second-order valence-electron chi connectivity index (χ2n) is 3.50. The van der Waals surface area contributed by atoms with E-state index in [0.717, 1.165) is 5.02 Å². The minimum Gasteiger partial charge on any atom is -0.324 e. The lowest BCUT2D eigenvalue weighted by Crippen LogP contribution is -2.01. The van der Waals surface area contributed by atoms with Gasteiger partial charge in [-0.05, 0) is 36.8 Å². The molecular weight excluding hydrogens is 261 g/mol. The summed E-state index contributed by atoms with van der Waals surface area (Å²) in [6, 6.07) is 12.2. The van der Waals surface area contributed by atoms with Crippen LogP contribution in [-0.4, -0.2) is 0 Å². The van der Waals surface area contributed by atoms with Crippen LogP contribution in [0.2, 0.25) is 5.02 Å². The van der Waals surface area contributed by atoms with E-state index in [-0.39, 0.29) is 18.4 Å². The molecule has 0 spiro atoms. The number of thiophene rings is 1. The minimum atomic E-state index is 0. The lowest BCUT2D eigenvalue weighted by molar-refractivity contribution is 0.838. The molecule has 0 bridgehead atoms. The Morgan fingerprint density at radius 2 is 1.75 bits per heavy atom. The van der Waals surface area contributed by atoms with Crippen molar-refractivity contribution >= 4 is 35.3 Å². The smallest absolute Gasteiger partial charge is 0.0406 e. The summed E-state index contributed by atoms with van der Waals surface area (Å²) in [5, 5.41) is 0.766. The lowest BCUT2D eigenvalue weighted by atomic mass is 10.2. The van der Waals surface area contributed by atoms with Crippen molar-refractivity contribution in [2.24, 2.45) is 5.73 Å². The predicted molar refractivity (Wildman–Crippen MR) is 74.6 cm³/mol. The van der Waals surface area contributed by atoms with Crippen molar-refractivity contribution in [3.05, 3.63) is 46.3 Å². The zero-order valence-corrected chi connectivity index (χ0v) is 11.2. The molecule has 1 nitrogen and oxygen atoms in total. The monoisotopic (exact) mass is 273 g/mol. The zero-order valence-electron chi connectivity index (χ0n) is 8.81. The van der Waals surface area contributed by atoms with Crippen molar-refractivity contribution in [2.75, 3.05) is 0 Å². The summed E-state index contributed by atoms with van der Waals surface area (Å²) in [6.45, 7) is 2.00. The summed E-state index contributed by atoms with van der Waals surface area (Å²) in [6.07, 6.45) is 0. The van der Waals surface area contributed by atoms with Crippen molar-refractivity contribution in [3.63, 3.8) is 0 Å². The third-order valence-electron chi connectivity index (χ3n) is 2.20. The van der Waals surface area contributed by atoms with Gasteiger partial charge in [-0.3, -0.25) is 0 Å². The molecule has 86 valence electrons. The highest BCUT2D eigenvalue weighted by Gasteiger charge is 2.05. The van der Waals surface area contributed by atoms with Gasteiger partial charge in [-0.15, -0.1) is 23.7 Å². The average Bonchev–Trinajstić information content (AvgIpc) is 2.68. The molecule has 2 rings (SSSR count). The van der Waals surface area contributed by atoms with Crippen LogP contribution in [0.25, 0.3) is 10.4 Å². The highest BCUT2D eigenvalue weighted by Crippen LogP contribution is 2.31. The SMILES string of the molecule is CC(N)c1ccc(-c2ccc(Cl)cc2)s1.Cl. The molecule has 0 aliphatic heterocycles. The maximum Gasteiger partial charge on any atom is 0.0406 e. The van der Waals surface area contributed by atoms with E-state index in [9.17, 15) is 0 Å². The normalized spacial score (nSPS) is 11.9. The van der Waals surface area contributed by atoms with E-state index in [1.807, 2.05) is 31.2 Å². The predicted octanol–water partition coefficient (Wildman–Crippen LogP) is 4.51.